The number of pyridine rings is 1. The summed E-state index contributed by atoms with van der Waals surface area (Å²) in [7, 11) is 3.23. The van der Waals surface area contributed by atoms with E-state index in [1.807, 2.05) is 42.6 Å². The van der Waals surface area contributed by atoms with Gasteiger partial charge in [0.25, 0.3) is 5.91 Å². The second kappa shape index (κ2) is 7.04. The number of nitrogens with one attached hydrogen (secondary N) is 1. The van der Waals surface area contributed by atoms with Gasteiger partial charge in [0.2, 0.25) is 0 Å². The van der Waals surface area contributed by atoms with Gasteiger partial charge in [-0.1, -0.05) is 12.1 Å². The molecule has 2 aromatic heterocycles. The Bertz CT molecular complexity index is 825. The van der Waals surface area contributed by atoms with E-state index >= 15 is 0 Å². The van der Waals surface area contributed by atoms with Crippen molar-refractivity contribution in [1.82, 2.24) is 14.9 Å². The summed E-state index contributed by atoms with van der Waals surface area (Å²) in [6.45, 7) is 0.495. The van der Waals surface area contributed by atoms with E-state index in [9.17, 15) is 4.79 Å². The van der Waals surface area contributed by atoms with Crippen LogP contribution in [-0.2, 0) is 6.42 Å². The summed E-state index contributed by atoms with van der Waals surface area (Å²) in [6, 6.07) is 13.1. The molecule has 0 bridgehead atoms. The molecular weight excluding hydrogens is 306 g/mol. The number of rotatable bonds is 6. The number of benzene rings is 1. The third-order valence-corrected chi connectivity index (χ3v) is 3.78. The maximum absolute atomic E-state index is 12.2. The predicted molar refractivity (Wildman–Crippen MR) is 90.8 cm³/mol. The zero-order chi connectivity index (χ0) is 16.9. The number of methoxy groups -OCH3 is 2. The molecule has 1 aromatic carbocycles. The van der Waals surface area contributed by atoms with Gasteiger partial charge in [0.15, 0.2) is 5.69 Å². The molecule has 0 aliphatic heterocycles. The minimum atomic E-state index is -0.189. The van der Waals surface area contributed by atoms with Gasteiger partial charge < -0.3 is 14.8 Å². The number of hydrogen-bond acceptors (Lipinski definition) is 4. The fraction of sp³-hybridized carbons (Fsp3) is 0.222. The van der Waals surface area contributed by atoms with Crippen LogP contribution in [0.2, 0.25) is 0 Å². The predicted octanol–water partition coefficient (Wildman–Crippen LogP) is 2.32. The van der Waals surface area contributed by atoms with Crippen LogP contribution in [0.5, 0.6) is 11.5 Å². The van der Waals surface area contributed by atoms with Crippen molar-refractivity contribution in [2.75, 3.05) is 20.8 Å². The molecule has 0 atom stereocenters. The lowest BCUT2D eigenvalue weighted by molar-refractivity contribution is 0.0948. The molecule has 0 saturated heterocycles. The van der Waals surface area contributed by atoms with E-state index in [2.05, 4.69) is 10.4 Å². The quantitative estimate of drug-likeness (QED) is 0.755. The Morgan fingerprint density at radius 1 is 1.17 bits per heavy atom. The number of carbonyl (C=O) groups excluding carboxylic acids is 1. The summed E-state index contributed by atoms with van der Waals surface area (Å²) >= 11 is 0. The molecule has 6 heteroatoms. The highest BCUT2D eigenvalue weighted by Crippen LogP contribution is 2.24. The number of ether oxygens (including phenoxy) is 2. The van der Waals surface area contributed by atoms with Crippen LogP contribution in [0, 0.1) is 0 Å². The second-order valence-electron chi connectivity index (χ2n) is 5.28. The molecular formula is C18H19N3O3. The maximum atomic E-state index is 12.2. The molecule has 0 unspecified atom stereocenters. The topological polar surface area (TPSA) is 64.9 Å². The summed E-state index contributed by atoms with van der Waals surface area (Å²) in [5.41, 5.74) is 2.30. The van der Waals surface area contributed by atoms with Gasteiger partial charge in [0.1, 0.15) is 11.5 Å². The Balaban J connectivity index is 1.62. The third-order valence-electron chi connectivity index (χ3n) is 3.78. The van der Waals surface area contributed by atoms with Crippen molar-refractivity contribution in [3.63, 3.8) is 0 Å². The molecule has 0 aliphatic rings. The first-order valence-corrected chi connectivity index (χ1v) is 7.65. The smallest absolute Gasteiger partial charge is 0.271 e. The number of carbonyl (C=O) groups is 1. The highest BCUT2D eigenvalue weighted by molar-refractivity contribution is 5.93. The van der Waals surface area contributed by atoms with Gasteiger partial charge in [0.05, 0.1) is 19.7 Å². The number of amides is 1. The minimum Gasteiger partial charge on any atom is -0.497 e. The lowest BCUT2D eigenvalue weighted by atomic mass is 10.1. The van der Waals surface area contributed by atoms with Crippen LogP contribution >= 0.6 is 0 Å². The monoisotopic (exact) mass is 325 g/mol. The Hall–Kier alpha value is -3.02. The number of hydrogen-bond donors (Lipinski definition) is 1. The van der Waals surface area contributed by atoms with E-state index in [1.165, 1.54) is 0 Å². The Morgan fingerprint density at radius 2 is 2.04 bits per heavy atom. The van der Waals surface area contributed by atoms with Crippen molar-refractivity contribution < 1.29 is 14.3 Å². The van der Waals surface area contributed by atoms with Crippen LogP contribution in [0.25, 0.3) is 5.52 Å². The molecule has 6 nitrogen and oxygen atoms in total. The largest absolute Gasteiger partial charge is 0.497 e. The molecule has 0 fully saturated rings. The van der Waals surface area contributed by atoms with Crippen molar-refractivity contribution in [3.8, 4) is 11.5 Å². The molecule has 1 N–H and O–H groups in total. The summed E-state index contributed by atoms with van der Waals surface area (Å²) in [5.74, 6) is 1.30. The first kappa shape index (κ1) is 15.9. The highest BCUT2D eigenvalue weighted by Gasteiger charge is 2.11. The van der Waals surface area contributed by atoms with E-state index < -0.39 is 0 Å². The van der Waals surface area contributed by atoms with Crippen molar-refractivity contribution >= 4 is 11.4 Å². The Morgan fingerprint density at radius 3 is 2.79 bits per heavy atom. The Kier molecular flexibility index (Phi) is 4.65. The molecule has 0 saturated carbocycles. The first-order valence-electron chi connectivity index (χ1n) is 7.65. The summed E-state index contributed by atoms with van der Waals surface area (Å²) in [5, 5.41) is 7.14. The van der Waals surface area contributed by atoms with E-state index in [0.717, 1.165) is 22.6 Å². The average molecular weight is 325 g/mol. The van der Waals surface area contributed by atoms with Crippen LogP contribution in [0.4, 0.5) is 0 Å². The van der Waals surface area contributed by atoms with Crippen molar-refractivity contribution in [2.45, 2.75) is 6.42 Å². The van der Waals surface area contributed by atoms with Crippen LogP contribution < -0.4 is 14.8 Å². The summed E-state index contributed by atoms with van der Waals surface area (Å²) < 4.78 is 12.2. The molecule has 3 rings (SSSR count). The van der Waals surface area contributed by atoms with E-state index in [1.54, 1.807) is 24.8 Å². The molecule has 2 heterocycles. The molecule has 124 valence electrons. The number of aromatic nitrogens is 2. The van der Waals surface area contributed by atoms with Gasteiger partial charge in [-0.2, -0.15) is 5.10 Å². The Labute approximate surface area is 140 Å². The van der Waals surface area contributed by atoms with Gasteiger partial charge in [-0.25, -0.2) is 4.52 Å². The second-order valence-corrected chi connectivity index (χ2v) is 5.28. The van der Waals surface area contributed by atoms with E-state index in [0.29, 0.717) is 18.7 Å². The van der Waals surface area contributed by atoms with Crippen molar-refractivity contribution in [1.29, 1.82) is 0 Å². The molecule has 0 aliphatic carbocycles. The standard InChI is InChI=1S/C18H19N3O3/c1-23-15-7-6-13(17(12-15)24-2)8-9-19-18(22)16-11-14-5-3-4-10-21(14)20-16/h3-7,10-12H,8-9H2,1-2H3,(H,19,22). The van der Waals surface area contributed by atoms with Crippen LogP contribution in [-0.4, -0.2) is 36.3 Å². The van der Waals surface area contributed by atoms with E-state index in [-0.39, 0.29) is 5.91 Å². The lowest BCUT2D eigenvalue weighted by Gasteiger charge is -2.10. The van der Waals surface area contributed by atoms with Gasteiger partial charge in [-0.3, -0.25) is 4.79 Å². The number of nitrogens with zero attached hydrogens (tertiary/aromatic N) is 2. The van der Waals surface area contributed by atoms with Gasteiger partial charge in [0, 0.05) is 18.8 Å². The molecule has 3 aromatic rings. The summed E-state index contributed by atoms with van der Waals surface area (Å²) in [4.78, 5) is 12.2. The van der Waals surface area contributed by atoms with Crippen LogP contribution in [0.15, 0.2) is 48.7 Å². The zero-order valence-corrected chi connectivity index (χ0v) is 13.7. The molecule has 24 heavy (non-hydrogen) atoms. The highest BCUT2D eigenvalue weighted by atomic mass is 16.5. The molecule has 0 spiro atoms. The molecule has 1 amide bonds. The molecule has 0 radical (unpaired) electrons. The van der Waals surface area contributed by atoms with Gasteiger partial charge in [-0.05, 0) is 36.2 Å². The third kappa shape index (κ3) is 3.32. The zero-order valence-electron chi connectivity index (χ0n) is 13.7. The average Bonchev–Trinajstić information content (AvgIpc) is 3.06. The van der Waals surface area contributed by atoms with Gasteiger partial charge in [-0.15, -0.1) is 0 Å². The minimum absolute atomic E-state index is 0.189. The first-order chi connectivity index (χ1) is 11.7. The number of fused-ring (bicyclic) bond motifs is 1. The normalized spacial score (nSPS) is 10.6. The van der Waals surface area contributed by atoms with Crippen LogP contribution in [0.3, 0.4) is 0 Å². The maximum Gasteiger partial charge on any atom is 0.271 e. The lowest BCUT2D eigenvalue weighted by Crippen LogP contribution is -2.26. The van der Waals surface area contributed by atoms with Crippen molar-refractivity contribution in [2.24, 2.45) is 0 Å². The van der Waals surface area contributed by atoms with Crippen LogP contribution in [0.1, 0.15) is 16.1 Å². The fourth-order valence-corrected chi connectivity index (χ4v) is 2.51. The SMILES string of the molecule is COc1ccc(CCNC(=O)c2cc3ccccn3n2)c(OC)c1. The van der Waals surface area contributed by atoms with E-state index in [4.69, 9.17) is 9.47 Å². The van der Waals surface area contributed by atoms with Gasteiger partial charge >= 0.3 is 0 Å². The fourth-order valence-electron chi connectivity index (χ4n) is 2.51. The van der Waals surface area contributed by atoms with Crippen molar-refractivity contribution in [3.05, 3.63) is 59.9 Å². The summed E-state index contributed by atoms with van der Waals surface area (Å²) in [6.07, 6.45) is 2.47.